The van der Waals surface area contributed by atoms with Gasteiger partial charge in [0, 0.05) is 0 Å². The van der Waals surface area contributed by atoms with Gasteiger partial charge in [0.2, 0.25) is 0 Å². The molecule has 5 heteroatoms. The number of carbonyl (C=O) groups excluding carboxylic acids is 1. The minimum Gasteiger partial charge on any atom is -0.494 e. The van der Waals surface area contributed by atoms with Crippen molar-refractivity contribution in [2.45, 2.75) is 45.4 Å². The first-order valence-corrected chi connectivity index (χ1v) is 11.7. The molecule has 3 unspecified atom stereocenters. The maximum absolute atomic E-state index is 12.2. The zero-order chi connectivity index (χ0) is 22.2. The van der Waals surface area contributed by atoms with Crippen LogP contribution in [0.2, 0.25) is 0 Å². The lowest BCUT2D eigenvalue weighted by atomic mass is 9.94. The summed E-state index contributed by atoms with van der Waals surface area (Å²) in [5.74, 6) is 1.99. The smallest absolute Gasteiger partial charge is 0.309 e. The first-order valence-electron chi connectivity index (χ1n) is 11.7. The van der Waals surface area contributed by atoms with E-state index in [0.29, 0.717) is 25.0 Å². The minimum atomic E-state index is 0.00651. The largest absolute Gasteiger partial charge is 0.494 e. The van der Waals surface area contributed by atoms with E-state index < -0.39 is 0 Å². The fourth-order valence-corrected chi connectivity index (χ4v) is 4.42. The molecule has 0 N–H and O–H groups in total. The Morgan fingerprint density at radius 1 is 0.844 bits per heavy atom. The number of rotatable bonds is 11. The molecule has 1 saturated carbocycles. The van der Waals surface area contributed by atoms with E-state index in [4.69, 9.17) is 9.47 Å². The molecule has 0 aromatic heterocycles. The Morgan fingerprint density at radius 2 is 1.50 bits per heavy atom. The highest BCUT2D eigenvalue weighted by molar-refractivity contribution is 5.74. The number of benzene rings is 2. The third-order valence-electron chi connectivity index (χ3n) is 6.29. The molecule has 4 rings (SSSR count). The summed E-state index contributed by atoms with van der Waals surface area (Å²) in [5, 5.41) is 8.52. The van der Waals surface area contributed by atoms with Crippen LogP contribution in [-0.4, -0.2) is 19.2 Å². The first-order chi connectivity index (χ1) is 15.7. The van der Waals surface area contributed by atoms with Gasteiger partial charge >= 0.3 is 5.97 Å². The Morgan fingerprint density at radius 3 is 2.12 bits per heavy atom. The van der Waals surface area contributed by atoms with Crippen molar-refractivity contribution in [2.75, 3.05) is 13.2 Å². The molecular formula is C27H32N2O3. The van der Waals surface area contributed by atoms with Crippen LogP contribution in [-0.2, 0) is 9.53 Å². The van der Waals surface area contributed by atoms with Crippen molar-refractivity contribution in [3.05, 3.63) is 66.2 Å². The number of unbranched alkanes of at least 4 members (excludes halogenated alkanes) is 3. The Bertz CT molecular complexity index is 934. The summed E-state index contributed by atoms with van der Waals surface area (Å²) in [6, 6.07) is 15.6. The van der Waals surface area contributed by atoms with Crippen molar-refractivity contribution in [1.82, 2.24) is 0 Å². The molecule has 2 aliphatic rings. The van der Waals surface area contributed by atoms with Gasteiger partial charge in [-0.05, 0) is 93.7 Å². The van der Waals surface area contributed by atoms with Crippen molar-refractivity contribution in [2.24, 2.45) is 28.0 Å². The van der Waals surface area contributed by atoms with E-state index in [1.165, 1.54) is 5.56 Å². The van der Waals surface area contributed by atoms with Crippen LogP contribution in [0.25, 0.3) is 0 Å². The average molecular weight is 433 g/mol. The Balaban J connectivity index is 1.05. The predicted octanol–water partition coefficient (Wildman–Crippen LogP) is 7.11. The summed E-state index contributed by atoms with van der Waals surface area (Å²) in [6.45, 7) is 3.27. The SMILES string of the molecule is Cc1ccc(N=Nc2ccc(OCCCCCCOC(=O)C3CC4C=CC3C4)cc2)cc1. The van der Waals surface area contributed by atoms with Crippen molar-refractivity contribution in [3.63, 3.8) is 0 Å². The molecule has 2 aromatic carbocycles. The van der Waals surface area contributed by atoms with Crippen LogP contribution in [0.1, 0.15) is 44.1 Å². The Hall–Kier alpha value is -2.95. The van der Waals surface area contributed by atoms with Crippen LogP contribution in [0, 0.1) is 24.7 Å². The van der Waals surface area contributed by atoms with Gasteiger partial charge in [0.25, 0.3) is 0 Å². The van der Waals surface area contributed by atoms with Gasteiger partial charge in [0.1, 0.15) is 5.75 Å². The van der Waals surface area contributed by atoms with Gasteiger partial charge in [0.15, 0.2) is 0 Å². The number of hydrogen-bond acceptors (Lipinski definition) is 5. The number of azo groups is 1. The fourth-order valence-electron chi connectivity index (χ4n) is 4.42. The summed E-state index contributed by atoms with van der Waals surface area (Å²) < 4.78 is 11.3. The second kappa shape index (κ2) is 11.1. The minimum absolute atomic E-state index is 0.00651. The monoisotopic (exact) mass is 432 g/mol. The zero-order valence-corrected chi connectivity index (χ0v) is 18.8. The molecule has 5 nitrogen and oxygen atoms in total. The average Bonchev–Trinajstić information content (AvgIpc) is 3.45. The fraction of sp³-hybridized carbons (Fsp3) is 0.444. The number of nitrogens with zero attached hydrogens (tertiary/aromatic N) is 2. The number of carbonyl (C=O) groups is 1. The second-order valence-electron chi connectivity index (χ2n) is 8.85. The highest BCUT2D eigenvalue weighted by atomic mass is 16.5. The Kier molecular flexibility index (Phi) is 7.70. The highest BCUT2D eigenvalue weighted by Crippen LogP contribution is 2.43. The molecule has 32 heavy (non-hydrogen) atoms. The molecule has 0 aliphatic heterocycles. The predicted molar refractivity (Wildman–Crippen MR) is 126 cm³/mol. The van der Waals surface area contributed by atoms with Gasteiger partial charge in [-0.25, -0.2) is 0 Å². The standard InChI is InChI=1S/C27H32N2O3/c1-20-6-10-23(11-7-20)28-29-24-12-14-25(15-13-24)31-16-4-2-3-5-17-32-27(30)26-19-21-8-9-22(26)18-21/h6-15,21-22,26H,2-5,16-19H2,1H3. The summed E-state index contributed by atoms with van der Waals surface area (Å²) >= 11 is 0. The molecule has 2 aliphatic carbocycles. The molecule has 2 aromatic rings. The van der Waals surface area contributed by atoms with Crippen LogP contribution < -0.4 is 4.74 Å². The van der Waals surface area contributed by atoms with E-state index in [-0.39, 0.29) is 11.9 Å². The third-order valence-corrected chi connectivity index (χ3v) is 6.29. The van der Waals surface area contributed by atoms with E-state index in [1.54, 1.807) is 0 Å². The van der Waals surface area contributed by atoms with E-state index in [1.807, 2.05) is 48.5 Å². The van der Waals surface area contributed by atoms with E-state index in [0.717, 1.165) is 55.6 Å². The van der Waals surface area contributed by atoms with Gasteiger partial charge in [-0.2, -0.15) is 10.2 Å². The van der Waals surface area contributed by atoms with Gasteiger partial charge in [0.05, 0.1) is 30.5 Å². The lowest BCUT2D eigenvalue weighted by Crippen LogP contribution is -2.22. The number of fused-ring (bicyclic) bond motifs is 2. The van der Waals surface area contributed by atoms with Crippen molar-refractivity contribution < 1.29 is 14.3 Å². The molecule has 168 valence electrons. The first kappa shape index (κ1) is 22.3. The molecular weight excluding hydrogens is 400 g/mol. The van der Waals surface area contributed by atoms with Crippen molar-refractivity contribution in [1.29, 1.82) is 0 Å². The molecule has 1 fully saturated rings. The molecule has 3 atom stereocenters. The molecule has 0 amide bonds. The number of ether oxygens (including phenoxy) is 2. The maximum atomic E-state index is 12.2. The van der Waals surface area contributed by atoms with Crippen LogP contribution >= 0.6 is 0 Å². The second-order valence-corrected chi connectivity index (χ2v) is 8.85. The zero-order valence-electron chi connectivity index (χ0n) is 18.8. The van der Waals surface area contributed by atoms with E-state index >= 15 is 0 Å². The van der Waals surface area contributed by atoms with Crippen LogP contribution in [0.4, 0.5) is 11.4 Å². The summed E-state index contributed by atoms with van der Waals surface area (Å²) in [6.07, 6.45) is 10.6. The quantitative estimate of drug-likeness (QED) is 0.165. The molecule has 0 heterocycles. The van der Waals surface area contributed by atoms with Crippen LogP contribution in [0.3, 0.4) is 0 Å². The molecule has 0 radical (unpaired) electrons. The molecule has 0 saturated heterocycles. The summed E-state index contributed by atoms with van der Waals surface area (Å²) in [4.78, 5) is 12.2. The number of allylic oxidation sites excluding steroid dienone is 2. The lowest BCUT2D eigenvalue weighted by Gasteiger charge is -2.16. The summed E-state index contributed by atoms with van der Waals surface area (Å²) in [7, 11) is 0. The normalized spacial score (nSPS) is 21.3. The number of hydrogen-bond donors (Lipinski definition) is 0. The Labute approximate surface area is 190 Å². The van der Waals surface area contributed by atoms with Crippen LogP contribution in [0.5, 0.6) is 5.75 Å². The topological polar surface area (TPSA) is 60.3 Å². The summed E-state index contributed by atoms with van der Waals surface area (Å²) in [5.41, 5.74) is 2.85. The van der Waals surface area contributed by atoms with Gasteiger partial charge in [-0.1, -0.05) is 29.8 Å². The third kappa shape index (κ3) is 6.28. The van der Waals surface area contributed by atoms with Crippen molar-refractivity contribution >= 4 is 17.3 Å². The molecule has 2 bridgehead atoms. The number of aryl methyl sites for hydroxylation is 1. The van der Waals surface area contributed by atoms with Gasteiger partial charge in [-0.15, -0.1) is 0 Å². The van der Waals surface area contributed by atoms with Crippen molar-refractivity contribution in [3.8, 4) is 5.75 Å². The van der Waals surface area contributed by atoms with Gasteiger partial charge < -0.3 is 9.47 Å². The van der Waals surface area contributed by atoms with E-state index in [2.05, 4.69) is 29.3 Å². The molecule has 0 spiro atoms. The lowest BCUT2D eigenvalue weighted by molar-refractivity contribution is -0.149. The van der Waals surface area contributed by atoms with E-state index in [9.17, 15) is 4.79 Å². The number of esters is 1. The highest BCUT2D eigenvalue weighted by Gasteiger charge is 2.40. The van der Waals surface area contributed by atoms with Gasteiger partial charge in [-0.3, -0.25) is 4.79 Å². The van der Waals surface area contributed by atoms with Crippen LogP contribution in [0.15, 0.2) is 70.9 Å². The maximum Gasteiger partial charge on any atom is 0.309 e.